The van der Waals surface area contributed by atoms with Gasteiger partial charge in [-0.05, 0) is 49.2 Å². The minimum atomic E-state index is -0.580. The van der Waals surface area contributed by atoms with E-state index in [9.17, 15) is 19.7 Å². The Bertz CT molecular complexity index is 1120. The van der Waals surface area contributed by atoms with E-state index in [1.807, 2.05) is 32.0 Å². The van der Waals surface area contributed by atoms with Crippen LogP contribution >= 0.6 is 23.1 Å². The lowest BCUT2D eigenvalue weighted by atomic mass is 10.1. The molecular formula is C19H18N6O4S2. The highest BCUT2D eigenvalue weighted by Gasteiger charge is 2.12. The molecule has 10 nitrogen and oxygen atoms in total. The van der Waals surface area contributed by atoms with Gasteiger partial charge in [-0.2, -0.15) is 0 Å². The number of thioether (sulfide) groups is 1. The normalized spacial score (nSPS) is 10.4. The summed E-state index contributed by atoms with van der Waals surface area (Å²) < 4.78 is 0.600. The summed E-state index contributed by atoms with van der Waals surface area (Å²) in [6, 6.07) is 11.0. The standard InChI is InChI=1S/C19H18N6O4S2/c1-11-3-6-14(9-12(11)2)20-18-23-24-19(31-18)30-10-16(26)21-22-17(27)13-4-7-15(8-5-13)25(28)29/h3-9H,10H2,1-2H3,(H,20,23)(H,21,26)(H,22,27). The Morgan fingerprint density at radius 1 is 1.06 bits per heavy atom. The molecular weight excluding hydrogens is 440 g/mol. The fourth-order valence-corrected chi connectivity index (χ4v) is 3.93. The van der Waals surface area contributed by atoms with Crippen molar-refractivity contribution in [2.24, 2.45) is 0 Å². The van der Waals surface area contributed by atoms with Crippen LogP contribution in [0.3, 0.4) is 0 Å². The van der Waals surface area contributed by atoms with Crippen molar-refractivity contribution in [2.45, 2.75) is 18.2 Å². The Labute approximate surface area is 185 Å². The van der Waals surface area contributed by atoms with Gasteiger partial charge in [0.2, 0.25) is 11.0 Å². The van der Waals surface area contributed by atoms with Crippen molar-refractivity contribution >= 4 is 51.4 Å². The quantitative estimate of drug-likeness (QED) is 0.278. The number of hydrogen-bond acceptors (Lipinski definition) is 9. The molecule has 3 aromatic rings. The average molecular weight is 459 g/mol. The Balaban J connectivity index is 1.45. The van der Waals surface area contributed by atoms with Crippen LogP contribution in [0.25, 0.3) is 0 Å². The fraction of sp³-hybridized carbons (Fsp3) is 0.158. The van der Waals surface area contributed by atoms with Crippen molar-refractivity contribution in [1.82, 2.24) is 21.0 Å². The summed E-state index contributed by atoms with van der Waals surface area (Å²) >= 11 is 2.50. The number of non-ortho nitro benzene ring substituents is 1. The van der Waals surface area contributed by atoms with Crippen molar-refractivity contribution in [3.05, 3.63) is 69.3 Å². The molecule has 160 valence electrons. The van der Waals surface area contributed by atoms with Gasteiger partial charge < -0.3 is 5.32 Å². The maximum absolute atomic E-state index is 12.0. The van der Waals surface area contributed by atoms with E-state index in [0.717, 1.165) is 11.3 Å². The zero-order valence-electron chi connectivity index (χ0n) is 16.5. The summed E-state index contributed by atoms with van der Waals surface area (Å²) in [5, 5.41) is 22.5. The number of benzene rings is 2. The highest BCUT2D eigenvalue weighted by atomic mass is 32.2. The lowest BCUT2D eigenvalue weighted by molar-refractivity contribution is -0.384. The van der Waals surface area contributed by atoms with Crippen LogP contribution in [0.15, 0.2) is 46.8 Å². The number of nitrogens with one attached hydrogen (secondary N) is 3. The largest absolute Gasteiger partial charge is 0.330 e. The van der Waals surface area contributed by atoms with E-state index in [1.165, 1.54) is 52.9 Å². The fourth-order valence-electron chi connectivity index (χ4n) is 2.36. The van der Waals surface area contributed by atoms with Crippen molar-refractivity contribution < 1.29 is 14.5 Å². The molecule has 1 aromatic heterocycles. The van der Waals surface area contributed by atoms with Crippen molar-refractivity contribution in [3.63, 3.8) is 0 Å². The molecule has 31 heavy (non-hydrogen) atoms. The number of nitrogens with zero attached hydrogens (tertiary/aromatic N) is 3. The van der Waals surface area contributed by atoms with Crippen molar-refractivity contribution in [3.8, 4) is 0 Å². The van der Waals surface area contributed by atoms with E-state index >= 15 is 0 Å². The average Bonchev–Trinajstić information content (AvgIpc) is 3.20. The third-order valence-corrected chi connectivity index (χ3v) is 6.12. The predicted octanol–water partition coefficient (Wildman–Crippen LogP) is 3.36. The molecule has 0 atom stereocenters. The first-order valence-corrected chi connectivity index (χ1v) is 10.8. The number of aryl methyl sites for hydroxylation is 2. The zero-order chi connectivity index (χ0) is 22.4. The Morgan fingerprint density at radius 2 is 1.81 bits per heavy atom. The molecule has 0 aliphatic carbocycles. The molecule has 0 aliphatic rings. The number of carbonyl (C=O) groups excluding carboxylic acids is 2. The Hall–Kier alpha value is -3.51. The molecule has 0 radical (unpaired) electrons. The van der Waals surface area contributed by atoms with Crippen LogP contribution < -0.4 is 16.2 Å². The summed E-state index contributed by atoms with van der Waals surface area (Å²) in [6.45, 7) is 4.07. The van der Waals surface area contributed by atoms with Crippen LogP contribution in [0.5, 0.6) is 0 Å². The summed E-state index contributed by atoms with van der Waals surface area (Å²) in [5.41, 5.74) is 7.89. The maximum Gasteiger partial charge on any atom is 0.269 e. The van der Waals surface area contributed by atoms with Gasteiger partial charge in [0.15, 0.2) is 4.34 Å². The second kappa shape index (κ2) is 10.00. The van der Waals surface area contributed by atoms with Crippen molar-refractivity contribution in [2.75, 3.05) is 11.1 Å². The van der Waals surface area contributed by atoms with Crippen LogP contribution in [0.2, 0.25) is 0 Å². The van der Waals surface area contributed by atoms with Crippen LogP contribution in [-0.2, 0) is 4.79 Å². The first-order chi connectivity index (χ1) is 14.8. The molecule has 1 heterocycles. The van der Waals surface area contributed by atoms with E-state index in [-0.39, 0.29) is 17.0 Å². The molecule has 0 unspecified atom stereocenters. The molecule has 0 saturated heterocycles. The number of amides is 2. The highest BCUT2D eigenvalue weighted by molar-refractivity contribution is 8.01. The van der Waals surface area contributed by atoms with E-state index < -0.39 is 16.7 Å². The molecule has 0 fully saturated rings. The van der Waals surface area contributed by atoms with Gasteiger partial charge in [0, 0.05) is 23.4 Å². The molecule has 2 amide bonds. The van der Waals surface area contributed by atoms with Crippen LogP contribution in [0.4, 0.5) is 16.5 Å². The first kappa shape index (κ1) is 22.2. The number of nitro benzene ring substituents is 1. The smallest absolute Gasteiger partial charge is 0.269 e. The molecule has 0 saturated carbocycles. The second-order valence-corrected chi connectivity index (χ2v) is 8.59. The summed E-state index contributed by atoms with van der Waals surface area (Å²) in [4.78, 5) is 34.0. The van der Waals surface area contributed by atoms with Gasteiger partial charge in [-0.25, -0.2) is 0 Å². The van der Waals surface area contributed by atoms with E-state index in [2.05, 4.69) is 26.4 Å². The van der Waals surface area contributed by atoms with E-state index in [4.69, 9.17) is 0 Å². The zero-order valence-corrected chi connectivity index (χ0v) is 18.2. The predicted molar refractivity (Wildman–Crippen MR) is 119 cm³/mol. The van der Waals surface area contributed by atoms with Crippen LogP contribution in [0.1, 0.15) is 21.5 Å². The number of nitro groups is 1. The molecule has 0 spiro atoms. The topological polar surface area (TPSA) is 139 Å². The minimum absolute atomic E-state index is 0.0266. The van der Waals surface area contributed by atoms with Gasteiger partial charge in [-0.1, -0.05) is 29.2 Å². The molecule has 3 rings (SSSR count). The summed E-state index contributed by atoms with van der Waals surface area (Å²) in [5.74, 6) is -0.984. The van der Waals surface area contributed by atoms with Gasteiger partial charge in [0.05, 0.1) is 10.7 Å². The molecule has 0 bridgehead atoms. The molecule has 12 heteroatoms. The first-order valence-electron chi connectivity index (χ1n) is 8.96. The molecule has 0 aliphatic heterocycles. The van der Waals surface area contributed by atoms with Crippen LogP contribution in [0, 0.1) is 24.0 Å². The number of carbonyl (C=O) groups is 2. The number of rotatable bonds is 7. The van der Waals surface area contributed by atoms with Gasteiger partial charge >= 0.3 is 0 Å². The molecule has 3 N–H and O–H groups in total. The number of aromatic nitrogens is 2. The SMILES string of the molecule is Cc1ccc(Nc2nnc(SCC(=O)NNC(=O)c3ccc([N+](=O)[O-])cc3)s2)cc1C. The lowest BCUT2D eigenvalue weighted by Crippen LogP contribution is -2.42. The highest BCUT2D eigenvalue weighted by Crippen LogP contribution is 2.28. The third kappa shape index (κ3) is 6.23. The summed E-state index contributed by atoms with van der Waals surface area (Å²) in [7, 11) is 0. The van der Waals surface area contributed by atoms with E-state index in [1.54, 1.807) is 0 Å². The number of anilines is 2. The van der Waals surface area contributed by atoms with E-state index in [0.29, 0.717) is 9.47 Å². The number of hydrogen-bond donors (Lipinski definition) is 3. The third-order valence-electron chi connectivity index (χ3n) is 4.15. The number of hydrazine groups is 1. The van der Waals surface area contributed by atoms with Crippen molar-refractivity contribution in [1.29, 1.82) is 0 Å². The minimum Gasteiger partial charge on any atom is -0.330 e. The Kier molecular flexibility index (Phi) is 7.15. The van der Waals surface area contributed by atoms with Gasteiger partial charge in [-0.15, -0.1) is 10.2 Å². The summed E-state index contributed by atoms with van der Waals surface area (Å²) in [6.07, 6.45) is 0. The van der Waals surface area contributed by atoms with Crippen LogP contribution in [-0.4, -0.2) is 32.7 Å². The monoisotopic (exact) mass is 458 g/mol. The molecule has 2 aromatic carbocycles. The van der Waals surface area contributed by atoms with Gasteiger partial charge in [-0.3, -0.25) is 30.6 Å². The lowest BCUT2D eigenvalue weighted by Gasteiger charge is -2.06. The second-order valence-electron chi connectivity index (χ2n) is 6.39. The Morgan fingerprint density at radius 3 is 2.48 bits per heavy atom. The maximum atomic E-state index is 12.0. The van der Waals surface area contributed by atoms with Gasteiger partial charge in [0.25, 0.3) is 11.6 Å². The van der Waals surface area contributed by atoms with Gasteiger partial charge in [0.1, 0.15) is 0 Å².